The largest absolute Gasteiger partial charge is 0.489 e. The van der Waals surface area contributed by atoms with Crippen molar-refractivity contribution in [1.82, 2.24) is 16.1 Å². The van der Waals surface area contributed by atoms with Crippen LogP contribution in [0.2, 0.25) is 0 Å². The number of anilines is 2. The van der Waals surface area contributed by atoms with Crippen LogP contribution in [0.25, 0.3) is 0 Å². The van der Waals surface area contributed by atoms with Crippen molar-refractivity contribution in [3.05, 3.63) is 47.5 Å². The number of amides is 5. The van der Waals surface area contributed by atoms with E-state index in [-0.39, 0.29) is 24.3 Å². The molecule has 0 aliphatic carbocycles. The van der Waals surface area contributed by atoms with Crippen molar-refractivity contribution < 1.29 is 52.8 Å². The van der Waals surface area contributed by atoms with Crippen LogP contribution in [0.5, 0.6) is 11.5 Å². The predicted octanol–water partition coefficient (Wildman–Crippen LogP) is 2.17. The molecule has 2 aromatic rings. The number of carboxylic acids is 1. The number of nitrogens with one attached hydrogen (secondary N) is 3. The van der Waals surface area contributed by atoms with Crippen molar-refractivity contribution in [2.75, 3.05) is 37.1 Å². The number of benzene rings is 2. The Kier molecular flexibility index (Phi) is 11.7. The molecule has 4 rings (SSSR count). The lowest BCUT2D eigenvalue weighted by atomic mass is 10.1. The fraction of sp³-hybridized carbons (Fsp3) is 0.438. The first-order valence-electron chi connectivity index (χ1n) is 15.0. The second-order valence-corrected chi connectivity index (χ2v) is 13.0. The SMILES string of the molecule is CN1C(=O)[C@@H](NC(=O)OC(C)(C)C)COc2ccc(C(=O)NN)cc21.CN1C(=O)[C@@H](NC(=O)OC(C)(C)C)COc2ccc(C(=O)O)cc21. The summed E-state index contributed by atoms with van der Waals surface area (Å²) in [5.74, 6) is 3.49. The second kappa shape index (κ2) is 15.1. The molecule has 2 heterocycles. The van der Waals surface area contributed by atoms with Crippen molar-refractivity contribution in [1.29, 1.82) is 0 Å². The Balaban J connectivity index is 0.000000266. The van der Waals surface area contributed by atoms with E-state index in [2.05, 4.69) is 10.6 Å². The monoisotopic (exact) mass is 686 g/mol. The fourth-order valence-corrected chi connectivity index (χ4v) is 4.46. The third-order valence-electron chi connectivity index (χ3n) is 6.73. The minimum absolute atomic E-state index is 0.0375. The van der Waals surface area contributed by atoms with Crippen LogP contribution in [0.1, 0.15) is 62.3 Å². The summed E-state index contributed by atoms with van der Waals surface area (Å²) in [5, 5.41) is 14.0. The molecule has 49 heavy (non-hydrogen) atoms. The van der Waals surface area contributed by atoms with E-state index in [1.165, 1.54) is 54.2 Å². The first-order chi connectivity index (χ1) is 22.7. The number of carbonyl (C=O) groups is 6. The van der Waals surface area contributed by atoms with Crippen molar-refractivity contribution >= 4 is 47.3 Å². The van der Waals surface area contributed by atoms with Gasteiger partial charge in [0.2, 0.25) is 0 Å². The van der Waals surface area contributed by atoms with Gasteiger partial charge in [-0.15, -0.1) is 0 Å². The summed E-state index contributed by atoms with van der Waals surface area (Å²) in [7, 11) is 3.02. The molecule has 0 saturated heterocycles. The molecule has 5 amide bonds. The van der Waals surface area contributed by atoms with Gasteiger partial charge in [0, 0.05) is 19.7 Å². The minimum Gasteiger partial charge on any atom is -0.489 e. The Hall–Kier alpha value is -5.58. The van der Waals surface area contributed by atoms with E-state index in [1.54, 1.807) is 47.6 Å². The Morgan fingerprint density at radius 3 is 1.51 bits per heavy atom. The molecule has 0 unspecified atom stereocenters. The average Bonchev–Trinajstić information content (AvgIpc) is 3.19. The van der Waals surface area contributed by atoms with Crippen LogP contribution in [0.4, 0.5) is 21.0 Å². The van der Waals surface area contributed by atoms with Crippen LogP contribution in [0.3, 0.4) is 0 Å². The average molecular weight is 687 g/mol. The maximum Gasteiger partial charge on any atom is 0.408 e. The molecule has 2 aliphatic heterocycles. The predicted molar refractivity (Wildman–Crippen MR) is 176 cm³/mol. The number of nitrogens with two attached hydrogens (primary N) is 1. The summed E-state index contributed by atoms with van der Waals surface area (Å²) in [6, 6.07) is 6.96. The van der Waals surface area contributed by atoms with Crippen molar-refractivity contribution in [2.45, 2.75) is 64.8 Å². The summed E-state index contributed by atoms with van der Waals surface area (Å²) in [6.07, 6.45) is -1.44. The van der Waals surface area contributed by atoms with E-state index in [0.717, 1.165) is 0 Å². The van der Waals surface area contributed by atoms with E-state index in [9.17, 15) is 28.8 Å². The zero-order valence-electron chi connectivity index (χ0n) is 28.5. The van der Waals surface area contributed by atoms with Gasteiger partial charge in [-0.25, -0.2) is 20.2 Å². The number of rotatable bonds is 4. The number of nitrogens with zero attached hydrogens (tertiary/aromatic N) is 2. The van der Waals surface area contributed by atoms with Gasteiger partial charge in [0.25, 0.3) is 17.7 Å². The fourth-order valence-electron chi connectivity index (χ4n) is 4.46. The van der Waals surface area contributed by atoms with Crippen LogP contribution in [0, 0.1) is 0 Å². The molecule has 0 bridgehead atoms. The Morgan fingerprint density at radius 1 is 0.755 bits per heavy atom. The molecule has 0 radical (unpaired) electrons. The van der Waals surface area contributed by atoms with Gasteiger partial charge in [-0.3, -0.25) is 19.8 Å². The Labute approximate surface area is 282 Å². The van der Waals surface area contributed by atoms with Gasteiger partial charge in [0.1, 0.15) is 48.0 Å². The lowest BCUT2D eigenvalue weighted by molar-refractivity contribution is -0.121. The lowest BCUT2D eigenvalue weighted by Crippen LogP contribution is -2.50. The first kappa shape index (κ1) is 37.9. The normalized spacial score (nSPS) is 17.2. The summed E-state index contributed by atoms with van der Waals surface area (Å²) in [6.45, 7) is 10.2. The molecule has 6 N–H and O–H groups in total. The van der Waals surface area contributed by atoms with E-state index in [4.69, 9.17) is 29.9 Å². The van der Waals surface area contributed by atoms with E-state index in [1.807, 2.05) is 5.43 Å². The quantitative estimate of drug-likeness (QED) is 0.177. The number of nitrogen functional groups attached to an aromatic ring is 1. The summed E-state index contributed by atoms with van der Waals surface area (Å²) in [5.41, 5.74) is 1.70. The maximum atomic E-state index is 12.6. The smallest absolute Gasteiger partial charge is 0.408 e. The van der Waals surface area contributed by atoms with Crippen LogP contribution in [-0.2, 0) is 19.1 Å². The Morgan fingerprint density at radius 2 is 1.14 bits per heavy atom. The highest BCUT2D eigenvalue weighted by Gasteiger charge is 2.34. The number of aromatic carboxylic acids is 1. The Bertz CT molecular complexity index is 1620. The number of hydrazine groups is 1. The molecule has 0 saturated carbocycles. The number of hydrogen-bond acceptors (Lipinski definition) is 11. The van der Waals surface area contributed by atoms with Gasteiger partial charge in [-0.2, -0.15) is 0 Å². The van der Waals surface area contributed by atoms with Crippen molar-refractivity contribution in [3.8, 4) is 11.5 Å². The number of ether oxygens (including phenoxy) is 4. The molecule has 2 atom stereocenters. The number of alkyl carbamates (subject to hydrolysis) is 2. The molecule has 2 aromatic carbocycles. The topological polar surface area (TPSA) is 228 Å². The highest BCUT2D eigenvalue weighted by molar-refractivity contribution is 6.03. The third kappa shape index (κ3) is 10.2. The second-order valence-electron chi connectivity index (χ2n) is 13.0. The lowest BCUT2D eigenvalue weighted by Gasteiger charge is -2.23. The standard InChI is InChI=1S/C16H22N4O5.C16H20N2O6/c1-16(2,3)25-15(23)18-10-8-24-12-6-5-9(13(21)19-17)7-11(12)20(4)14(10)22;1-16(2,3)24-15(22)17-10-8-23-12-6-5-9(14(20)21)7-11(12)18(4)13(10)19/h5-7,10H,8,17H2,1-4H3,(H,18,23)(H,19,21);5-7,10H,8H2,1-4H3,(H,17,22)(H,20,21)/t2*10-/m00/s1. The van der Waals surface area contributed by atoms with E-state index >= 15 is 0 Å². The zero-order chi connectivity index (χ0) is 36.8. The zero-order valence-corrected chi connectivity index (χ0v) is 28.5. The molecule has 0 aromatic heterocycles. The van der Waals surface area contributed by atoms with Gasteiger partial charge in [0.05, 0.1) is 16.9 Å². The molecule has 17 heteroatoms. The van der Waals surface area contributed by atoms with Gasteiger partial charge in [0.15, 0.2) is 0 Å². The number of carbonyl (C=O) groups excluding carboxylic acids is 5. The van der Waals surface area contributed by atoms with Crippen molar-refractivity contribution in [3.63, 3.8) is 0 Å². The number of carboxylic acid groups (broad SMARTS) is 1. The third-order valence-corrected chi connectivity index (χ3v) is 6.73. The van der Waals surface area contributed by atoms with Crippen LogP contribution in [0.15, 0.2) is 36.4 Å². The van der Waals surface area contributed by atoms with Crippen LogP contribution >= 0.6 is 0 Å². The molecule has 0 spiro atoms. The van der Waals surface area contributed by atoms with Gasteiger partial charge >= 0.3 is 18.2 Å². The number of hydrogen-bond donors (Lipinski definition) is 5. The van der Waals surface area contributed by atoms with E-state index < -0.39 is 59.2 Å². The number of fused-ring (bicyclic) bond motifs is 2. The maximum absolute atomic E-state index is 12.6. The highest BCUT2D eigenvalue weighted by Crippen LogP contribution is 2.33. The summed E-state index contributed by atoms with van der Waals surface area (Å²) < 4.78 is 21.4. The summed E-state index contributed by atoms with van der Waals surface area (Å²) in [4.78, 5) is 74.2. The van der Waals surface area contributed by atoms with E-state index in [0.29, 0.717) is 22.9 Å². The molecule has 0 fully saturated rings. The van der Waals surface area contributed by atoms with Gasteiger partial charge in [-0.05, 0) is 77.9 Å². The minimum atomic E-state index is -1.11. The molecule has 266 valence electrons. The van der Waals surface area contributed by atoms with Crippen molar-refractivity contribution in [2.24, 2.45) is 5.84 Å². The number of likely N-dealkylation sites (N-methyl/N-ethyl adjacent to an activating group) is 2. The van der Waals surface area contributed by atoms with Gasteiger partial charge < -0.3 is 44.5 Å². The first-order valence-corrected chi connectivity index (χ1v) is 15.0. The highest BCUT2D eigenvalue weighted by atomic mass is 16.6. The van der Waals surface area contributed by atoms with Crippen LogP contribution < -0.4 is 41.2 Å². The molecular formula is C32H42N6O11. The van der Waals surface area contributed by atoms with Crippen LogP contribution in [-0.4, -0.2) is 91.6 Å². The molecule has 2 aliphatic rings. The van der Waals surface area contributed by atoms with Gasteiger partial charge in [-0.1, -0.05) is 0 Å². The summed E-state index contributed by atoms with van der Waals surface area (Å²) >= 11 is 0. The molecule has 17 nitrogen and oxygen atoms in total. The molecular weight excluding hydrogens is 644 g/mol.